The van der Waals surface area contributed by atoms with Crippen LogP contribution in [0.3, 0.4) is 0 Å². The molecule has 0 radical (unpaired) electrons. The highest BCUT2D eigenvalue weighted by Crippen LogP contribution is 2.28. The van der Waals surface area contributed by atoms with Crippen molar-refractivity contribution in [3.8, 4) is 17.1 Å². The maximum Gasteiger partial charge on any atom is 0.171 e. The van der Waals surface area contributed by atoms with Gasteiger partial charge in [-0.15, -0.1) is 10.2 Å². The van der Waals surface area contributed by atoms with Crippen molar-refractivity contribution >= 4 is 5.69 Å². The fourth-order valence-electron chi connectivity index (χ4n) is 2.16. The molecule has 4 nitrogen and oxygen atoms in total. The zero-order chi connectivity index (χ0) is 15.0. The van der Waals surface area contributed by atoms with E-state index in [1.807, 2.05) is 30.3 Å². The quantitative estimate of drug-likeness (QED) is 0.736. The van der Waals surface area contributed by atoms with Crippen LogP contribution in [0.5, 0.6) is 0 Å². The number of hydrogen-bond donors (Lipinski definition) is 1. The first kappa shape index (κ1) is 13.2. The molecular formula is C15H12F2N4. The van der Waals surface area contributed by atoms with Gasteiger partial charge in [0, 0.05) is 11.8 Å². The lowest BCUT2D eigenvalue weighted by Gasteiger charge is -2.10. The van der Waals surface area contributed by atoms with E-state index in [1.54, 1.807) is 11.5 Å². The summed E-state index contributed by atoms with van der Waals surface area (Å²) in [4.78, 5) is 0. The molecule has 0 saturated heterocycles. The smallest absolute Gasteiger partial charge is 0.171 e. The van der Waals surface area contributed by atoms with E-state index in [4.69, 9.17) is 5.73 Å². The summed E-state index contributed by atoms with van der Waals surface area (Å²) < 4.78 is 29.0. The lowest BCUT2D eigenvalue weighted by molar-refractivity contribution is 0.587. The summed E-state index contributed by atoms with van der Waals surface area (Å²) >= 11 is 0. The number of nitrogens with two attached hydrogens (primary N) is 1. The van der Waals surface area contributed by atoms with Gasteiger partial charge in [0.05, 0.1) is 11.3 Å². The SMILES string of the molecule is Cc1nnc(-c2cc(N)c(F)cc2F)n1-c1ccccc1. The van der Waals surface area contributed by atoms with Gasteiger partial charge in [0.15, 0.2) is 5.82 Å². The van der Waals surface area contributed by atoms with Crippen molar-refractivity contribution in [1.29, 1.82) is 0 Å². The maximum atomic E-state index is 14.0. The van der Waals surface area contributed by atoms with Gasteiger partial charge >= 0.3 is 0 Å². The molecule has 0 bridgehead atoms. The van der Waals surface area contributed by atoms with Gasteiger partial charge in [-0.2, -0.15) is 0 Å². The van der Waals surface area contributed by atoms with Gasteiger partial charge in [0.1, 0.15) is 17.5 Å². The summed E-state index contributed by atoms with van der Waals surface area (Å²) in [5.41, 5.74) is 6.29. The molecule has 0 amide bonds. The summed E-state index contributed by atoms with van der Waals surface area (Å²) in [6.45, 7) is 1.76. The second-order valence-electron chi connectivity index (χ2n) is 4.60. The highest BCUT2D eigenvalue weighted by Gasteiger charge is 2.18. The number of aromatic nitrogens is 3. The number of anilines is 1. The lowest BCUT2D eigenvalue weighted by atomic mass is 10.1. The zero-order valence-corrected chi connectivity index (χ0v) is 11.2. The molecule has 0 saturated carbocycles. The lowest BCUT2D eigenvalue weighted by Crippen LogP contribution is -2.02. The van der Waals surface area contributed by atoms with Crippen LogP contribution >= 0.6 is 0 Å². The number of rotatable bonds is 2. The maximum absolute atomic E-state index is 14.0. The summed E-state index contributed by atoms with van der Waals surface area (Å²) in [6, 6.07) is 11.3. The van der Waals surface area contributed by atoms with Crippen LogP contribution < -0.4 is 5.73 Å². The van der Waals surface area contributed by atoms with Gasteiger partial charge in [0.2, 0.25) is 0 Å². The molecule has 0 aliphatic carbocycles. The van der Waals surface area contributed by atoms with Crippen molar-refractivity contribution in [2.24, 2.45) is 0 Å². The van der Waals surface area contributed by atoms with Crippen molar-refractivity contribution in [2.45, 2.75) is 6.92 Å². The Bertz CT molecular complexity index is 797. The van der Waals surface area contributed by atoms with Crippen LogP contribution in [0.25, 0.3) is 17.1 Å². The van der Waals surface area contributed by atoms with E-state index >= 15 is 0 Å². The molecule has 3 rings (SSSR count). The molecule has 21 heavy (non-hydrogen) atoms. The van der Waals surface area contributed by atoms with Gasteiger partial charge < -0.3 is 5.73 Å². The zero-order valence-electron chi connectivity index (χ0n) is 11.2. The van der Waals surface area contributed by atoms with Crippen molar-refractivity contribution in [2.75, 3.05) is 5.73 Å². The van der Waals surface area contributed by atoms with Gasteiger partial charge in [-0.3, -0.25) is 4.57 Å². The van der Waals surface area contributed by atoms with Crippen molar-refractivity contribution in [1.82, 2.24) is 14.8 Å². The monoisotopic (exact) mass is 286 g/mol. The van der Waals surface area contributed by atoms with E-state index < -0.39 is 11.6 Å². The Morgan fingerprint density at radius 3 is 2.43 bits per heavy atom. The Morgan fingerprint density at radius 1 is 1.00 bits per heavy atom. The molecule has 0 aliphatic heterocycles. The van der Waals surface area contributed by atoms with Gasteiger partial charge in [-0.25, -0.2) is 8.78 Å². The average molecular weight is 286 g/mol. The second kappa shape index (κ2) is 4.97. The average Bonchev–Trinajstić information content (AvgIpc) is 2.85. The molecule has 3 aromatic rings. The Kier molecular flexibility index (Phi) is 3.13. The van der Waals surface area contributed by atoms with E-state index in [0.29, 0.717) is 5.82 Å². The minimum Gasteiger partial charge on any atom is -0.396 e. The third-order valence-electron chi connectivity index (χ3n) is 3.17. The van der Waals surface area contributed by atoms with Crippen LogP contribution in [0.1, 0.15) is 5.82 Å². The van der Waals surface area contributed by atoms with Crippen LogP contribution in [0.2, 0.25) is 0 Å². The van der Waals surface area contributed by atoms with Crippen molar-refractivity contribution in [3.63, 3.8) is 0 Å². The van der Waals surface area contributed by atoms with Crippen LogP contribution in [-0.4, -0.2) is 14.8 Å². The normalized spacial score (nSPS) is 10.8. The van der Waals surface area contributed by atoms with E-state index in [1.165, 1.54) is 6.07 Å². The van der Waals surface area contributed by atoms with E-state index in [9.17, 15) is 8.78 Å². The first-order valence-corrected chi connectivity index (χ1v) is 6.30. The summed E-state index contributed by atoms with van der Waals surface area (Å²) in [6.07, 6.45) is 0. The van der Waals surface area contributed by atoms with Crippen LogP contribution in [0, 0.1) is 18.6 Å². The molecular weight excluding hydrogens is 274 g/mol. The Hall–Kier alpha value is -2.76. The standard InChI is InChI=1S/C15H12F2N4/c1-9-19-20-15(21(9)10-5-3-2-4-6-10)11-7-14(18)13(17)8-12(11)16/h2-8H,18H2,1H3. The van der Waals surface area contributed by atoms with E-state index in [-0.39, 0.29) is 17.1 Å². The number of benzene rings is 2. The van der Waals surface area contributed by atoms with E-state index in [0.717, 1.165) is 11.8 Å². The number of hydrogen-bond acceptors (Lipinski definition) is 3. The Morgan fingerprint density at radius 2 is 1.71 bits per heavy atom. The second-order valence-corrected chi connectivity index (χ2v) is 4.60. The molecule has 1 heterocycles. The van der Waals surface area contributed by atoms with Crippen LogP contribution in [-0.2, 0) is 0 Å². The molecule has 0 aliphatic rings. The topological polar surface area (TPSA) is 56.7 Å². The third-order valence-corrected chi connectivity index (χ3v) is 3.17. The summed E-state index contributed by atoms with van der Waals surface area (Å²) in [5, 5.41) is 7.96. The summed E-state index contributed by atoms with van der Waals surface area (Å²) in [5.74, 6) is -0.647. The minimum absolute atomic E-state index is 0.110. The number of nitrogens with zero attached hydrogens (tertiary/aromatic N) is 3. The number of para-hydroxylation sites is 1. The number of nitrogen functional groups attached to an aromatic ring is 1. The van der Waals surface area contributed by atoms with Crippen molar-refractivity contribution < 1.29 is 8.78 Å². The molecule has 6 heteroatoms. The molecule has 2 aromatic carbocycles. The predicted molar refractivity (Wildman–Crippen MR) is 75.9 cm³/mol. The highest BCUT2D eigenvalue weighted by atomic mass is 19.1. The molecule has 0 spiro atoms. The molecule has 0 fully saturated rings. The van der Waals surface area contributed by atoms with Crippen LogP contribution in [0.15, 0.2) is 42.5 Å². The molecule has 106 valence electrons. The van der Waals surface area contributed by atoms with Crippen LogP contribution in [0.4, 0.5) is 14.5 Å². The predicted octanol–water partition coefficient (Wildman–Crippen LogP) is 3.10. The Balaban J connectivity index is 2.24. The largest absolute Gasteiger partial charge is 0.396 e. The first-order valence-electron chi connectivity index (χ1n) is 6.30. The van der Waals surface area contributed by atoms with Gasteiger partial charge in [-0.05, 0) is 25.1 Å². The molecule has 0 atom stereocenters. The first-order chi connectivity index (χ1) is 10.1. The third kappa shape index (κ3) is 2.24. The minimum atomic E-state index is -0.793. The number of halogens is 2. The number of aryl methyl sites for hydroxylation is 1. The fourth-order valence-corrected chi connectivity index (χ4v) is 2.16. The van der Waals surface area contributed by atoms with Gasteiger partial charge in [-0.1, -0.05) is 18.2 Å². The van der Waals surface area contributed by atoms with E-state index in [2.05, 4.69) is 10.2 Å². The van der Waals surface area contributed by atoms with Crippen molar-refractivity contribution in [3.05, 3.63) is 59.9 Å². The van der Waals surface area contributed by atoms with Gasteiger partial charge in [0.25, 0.3) is 0 Å². The molecule has 1 aromatic heterocycles. The summed E-state index contributed by atoms with van der Waals surface area (Å²) in [7, 11) is 0. The molecule has 2 N–H and O–H groups in total. The fraction of sp³-hybridized carbons (Fsp3) is 0.0667. The Labute approximate surface area is 119 Å². The highest BCUT2D eigenvalue weighted by molar-refractivity contribution is 5.64. The molecule has 0 unspecified atom stereocenters.